The van der Waals surface area contributed by atoms with Crippen LogP contribution in [0.25, 0.3) is 83.6 Å². The average molecular weight is 959 g/mol. The van der Waals surface area contributed by atoms with Crippen LogP contribution < -0.4 is 9.30 Å². The van der Waals surface area contributed by atoms with Crippen LogP contribution in [0, 0.1) is 18.5 Å². The van der Waals surface area contributed by atoms with Gasteiger partial charge in [-0.05, 0) is 79.2 Å². The molecule has 0 bridgehead atoms. The number of rotatable bonds is 5. The second-order valence-electron chi connectivity index (χ2n) is 15.7. The Morgan fingerprint density at radius 1 is 0.650 bits per heavy atom. The Bertz CT molecular complexity index is 3520. The van der Waals surface area contributed by atoms with Gasteiger partial charge in [-0.1, -0.05) is 141 Å². The Morgan fingerprint density at radius 2 is 1.32 bits per heavy atom. The molecule has 10 aromatic rings. The molecule has 11 rings (SSSR count). The first-order valence-electron chi connectivity index (χ1n) is 22.1. The number of imidazole rings is 1. The van der Waals surface area contributed by atoms with Gasteiger partial charge in [0, 0.05) is 50.5 Å². The Labute approximate surface area is 371 Å². The minimum atomic E-state index is -0.441. The van der Waals surface area contributed by atoms with Crippen LogP contribution in [0.1, 0.15) is 33.2 Å². The second kappa shape index (κ2) is 14.8. The molecule has 0 N–H and O–H groups in total. The number of para-hydroxylation sites is 2. The number of pyridine rings is 1. The molecule has 292 valence electrons. The largest absolute Gasteiger partial charge is 0.510 e. The molecule has 4 heterocycles. The summed E-state index contributed by atoms with van der Waals surface area (Å²) in [6.07, 6.45) is 7.43. The smallest absolute Gasteiger partial charge is 0.267 e. The summed E-state index contributed by atoms with van der Waals surface area (Å²) < 4.78 is 56.0. The molecule has 60 heavy (non-hydrogen) atoms. The summed E-state index contributed by atoms with van der Waals surface area (Å²) in [5.74, 6) is 1.79. The summed E-state index contributed by atoms with van der Waals surface area (Å²) in [4.78, 5) is 4.82. The van der Waals surface area contributed by atoms with Crippen molar-refractivity contribution in [2.24, 2.45) is 0 Å². The number of aromatic nitrogens is 4. The summed E-state index contributed by atoms with van der Waals surface area (Å²) >= 11 is 0. The molecule has 0 saturated heterocycles. The van der Waals surface area contributed by atoms with Gasteiger partial charge in [0.15, 0.2) is 0 Å². The van der Waals surface area contributed by atoms with Crippen molar-refractivity contribution in [1.82, 2.24) is 14.1 Å². The molecule has 0 radical (unpaired) electrons. The fraction of sp³-hybridized carbons (Fsp3) is 0.0741. The summed E-state index contributed by atoms with van der Waals surface area (Å²) in [6, 6.07) is 49.5. The van der Waals surface area contributed by atoms with E-state index in [0.717, 1.165) is 61.1 Å². The first-order valence-corrected chi connectivity index (χ1v) is 19.6. The number of ether oxygens (including phenoxy) is 1. The molecule has 0 amide bonds. The van der Waals surface area contributed by atoms with Crippen LogP contribution in [-0.2, 0) is 26.5 Å². The van der Waals surface area contributed by atoms with Crippen molar-refractivity contribution in [2.45, 2.75) is 26.2 Å². The molecule has 0 spiro atoms. The molecule has 6 heteroatoms. The first kappa shape index (κ1) is 32.1. The second-order valence-corrected chi connectivity index (χ2v) is 15.7. The van der Waals surface area contributed by atoms with E-state index in [9.17, 15) is 0 Å². The zero-order valence-corrected chi connectivity index (χ0v) is 35.1. The minimum Gasteiger partial charge on any atom is -0.510 e. The van der Waals surface area contributed by atoms with Gasteiger partial charge in [0.25, 0.3) is 6.33 Å². The van der Waals surface area contributed by atoms with Crippen molar-refractivity contribution in [2.75, 3.05) is 0 Å². The summed E-state index contributed by atoms with van der Waals surface area (Å²) in [7, 11) is 0. The third kappa shape index (κ3) is 6.29. The quantitative estimate of drug-likeness (QED) is 0.127. The van der Waals surface area contributed by atoms with E-state index < -0.39 is 18.1 Å². The van der Waals surface area contributed by atoms with E-state index in [4.69, 9.17) is 16.6 Å². The molecule has 0 atom stereocenters. The van der Waals surface area contributed by atoms with E-state index in [1.165, 1.54) is 5.56 Å². The van der Waals surface area contributed by atoms with Crippen molar-refractivity contribution < 1.29 is 37.2 Å². The van der Waals surface area contributed by atoms with Crippen LogP contribution in [0.5, 0.6) is 11.5 Å². The third-order valence-corrected chi connectivity index (χ3v) is 11.1. The van der Waals surface area contributed by atoms with Crippen LogP contribution in [0.2, 0.25) is 0 Å². The number of hydrogen-bond acceptors (Lipinski definition) is 2. The van der Waals surface area contributed by atoms with Gasteiger partial charge in [0.2, 0.25) is 0 Å². The van der Waals surface area contributed by atoms with Crippen molar-refractivity contribution in [3.8, 4) is 73.3 Å². The predicted molar refractivity (Wildman–Crippen MR) is 236 cm³/mol. The number of fused-ring (bicyclic) bond motifs is 11. The van der Waals surface area contributed by atoms with Crippen molar-refractivity contribution in [1.29, 1.82) is 0 Å². The Morgan fingerprint density at radius 3 is 2.12 bits per heavy atom. The number of nitrogens with zero attached hydrogens (tertiary/aromatic N) is 4. The van der Waals surface area contributed by atoms with E-state index in [1.807, 2.05) is 100 Å². The van der Waals surface area contributed by atoms with Crippen LogP contribution >= 0.6 is 0 Å². The zero-order chi connectivity index (χ0) is 44.0. The van der Waals surface area contributed by atoms with Gasteiger partial charge in [0.1, 0.15) is 5.82 Å². The van der Waals surface area contributed by atoms with Crippen LogP contribution in [-0.4, -0.2) is 14.1 Å². The van der Waals surface area contributed by atoms with Crippen molar-refractivity contribution >= 4 is 21.8 Å². The van der Waals surface area contributed by atoms with Gasteiger partial charge in [0.05, 0.1) is 18.2 Å². The molecule has 3 aromatic heterocycles. The molecule has 1 aliphatic rings. The molecule has 0 saturated carbocycles. The zero-order valence-electron chi connectivity index (χ0n) is 37.9. The fourth-order valence-electron chi connectivity index (χ4n) is 8.27. The Kier molecular flexibility index (Phi) is 7.90. The SMILES string of the molecule is [2H]c1c([2H])c([2H])c(-c2cccc3c2-[n+]2[c-]n(-c4[c-]c(Oc5[c-]c6c(cc5)c5ccccc5n6-c5cc(C(C)(C)C)ccn5)ccc4)cc2-c2ccccc2-c2ccccc2-3)c([2H])c1[2H].[Pt]. The molecule has 0 aliphatic carbocycles. The van der Waals surface area contributed by atoms with Crippen LogP contribution in [0.3, 0.4) is 0 Å². The molecule has 0 fully saturated rings. The maximum absolute atomic E-state index is 9.03. The normalized spacial score (nSPS) is 12.9. The number of benzene rings is 7. The van der Waals surface area contributed by atoms with Gasteiger partial charge < -0.3 is 13.9 Å². The van der Waals surface area contributed by atoms with Crippen molar-refractivity contribution in [3.63, 3.8) is 0 Å². The molecule has 0 unspecified atom stereocenters. The van der Waals surface area contributed by atoms with Gasteiger partial charge >= 0.3 is 0 Å². The van der Waals surface area contributed by atoms with E-state index in [2.05, 4.69) is 98.4 Å². The molecular formula is C54H38N4OPt-2. The van der Waals surface area contributed by atoms with E-state index in [1.54, 1.807) is 0 Å². The topological polar surface area (TPSA) is 35.9 Å². The van der Waals surface area contributed by atoms with Gasteiger partial charge in [-0.15, -0.1) is 29.7 Å². The molecule has 5 nitrogen and oxygen atoms in total. The Balaban J connectivity index is 0.00000498. The first-order chi connectivity index (χ1) is 31.0. The molecular weight excluding hydrogens is 916 g/mol. The van der Waals surface area contributed by atoms with E-state index in [0.29, 0.717) is 28.4 Å². The van der Waals surface area contributed by atoms with Crippen LogP contribution in [0.4, 0.5) is 0 Å². The number of hydrogen-bond donors (Lipinski definition) is 0. The van der Waals surface area contributed by atoms with E-state index in [-0.39, 0.29) is 44.1 Å². The van der Waals surface area contributed by atoms with Gasteiger partial charge in [-0.25, -0.2) is 4.98 Å². The van der Waals surface area contributed by atoms with Gasteiger partial charge in [-0.2, -0.15) is 18.2 Å². The third-order valence-electron chi connectivity index (χ3n) is 11.1. The molecule has 1 aliphatic heterocycles. The minimum absolute atomic E-state index is 0. The maximum Gasteiger partial charge on any atom is 0.267 e. The molecule has 7 aromatic carbocycles. The monoisotopic (exact) mass is 958 g/mol. The average Bonchev–Trinajstić information content (AvgIpc) is 3.89. The van der Waals surface area contributed by atoms with E-state index >= 15 is 0 Å². The standard InChI is InChI=1S/C54H38N4O.Pt/c1-54(2,3)37-29-30-55-52(31-37)58-49-26-12-11-23-46(49)47-28-27-40(33-50(47)58)59-39-18-13-17-38(32-39)56-34-51-45-22-10-9-20-43(45)42-19-7-8-21-44(42)48-25-14-24-41(53(48)57(51)35-56)36-15-5-4-6-16-36;/h4-31,34H,1-3H3;/q-2;/i4D,5D,6D,15D,16D;. The Hall–Kier alpha value is -6.81. The maximum atomic E-state index is 9.03. The fourth-order valence-corrected chi connectivity index (χ4v) is 8.27. The predicted octanol–water partition coefficient (Wildman–Crippen LogP) is 12.7. The summed E-state index contributed by atoms with van der Waals surface area (Å²) in [5, 5.41) is 2.12. The van der Waals surface area contributed by atoms with Crippen molar-refractivity contribution in [3.05, 3.63) is 200 Å². The summed E-state index contributed by atoms with van der Waals surface area (Å²) in [6.45, 7) is 6.59. The van der Waals surface area contributed by atoms with Crippen LogP contribution in [0.15, 0.2) is 176 Å². The summed E-state index contributed by atoms with van der Waals surface area (Å²) in [5.41, 5.74) is 10.3. The van der Waals surface area contributed by atoms with Gasteiger partial charge in [-0.3, -0.25) is 4.57 Å².